The molecule has 0 amide bonds. The van der Waals surface area contributed by atoms with Crippen molar-refractivity contribution in [1.82, 2.24) is 29.9 Å². The summed E-state index contributed by atoms with van der Waals surface area (Å²) in [5, 5.41) is 0. The Morgan fingerprint density at radius 3 is 0.415 bits per heavy atom. The van der Waals surface area contributed by atoms with Gasteiger partial charge in [-0.05, 0) is 228 Å². The van der Waals surface area contributed by atoms with E-state index >= 15 is 0 Å². The van der Waals surface area contributed by atoms with Gasteiger partial charge < -0.3 is 0 Å². The Morgan fingerprint density at radius 1 is 0.119 bits per heavy atom. The molecule has 6 aromatic heterocycles. The fourth-order valence-electron chi connectivity index (χ4n) is 15.9. The number of pyridine rings is 6. The smallest absolute Gasteiger partial charge is 0.0702 e. The molecule has 6 nitrogen and oxygen atoms in total. The molecule has 0 unspecified atom stereocenters. The zero-order chi connectivity index (χ0) is 79.4. The van der Waals surface area contributed by atoms with Crippen LogP contribution in [0, 0.1) is 0 Å². The number of hydrogen-bond donors (Lipinski definition) is 0. The molecule has 0 saturated heterocycles. The van der Waals surface area contributed by atoms with Crippen LogP contribution in [0.1, 0.15) is 0 Å². The highest BCUT2D eigenvalue weighted by atomic mass is 79.9. The van der Waals surface area contributed by atoms with Crippen molar-refractivity contribution in [2.24, 2.45) is 0 Å². The van der Waals surface area contributed by atoms with Gasteiger partial charge in [0.1, 0.15) is 0 Å². The molecule has 13 aromatic carbocycles. The van der Waals surface area contributed by atoms with Crippen LogP contribution in [0.15, 0.2) is 431 Å². The van der Waals surface area contributed by atoms with Gasteiger partial charge in [-0.25, -0.2) is 0 Å². The molecule has 10 heteroatoms. The van der Waals surface area contributed by atoms with Gasteiger partial charge in [0.25, 0.3) is 0 Å². The number of halogens is 4. The molecule has 6 heterocycles. The first-order valence-electron chi connectivity index (χ1n) is 38.9. The van der Waals surface area contributed by atoms with Crippen LogP contribution in [-0.4, -0.2) is 29.9 Å². The molecule has 19 aromatic rings. The Morgan fingerprint density at radius 2 is 0.263 bits per heavy atom. The van der Waals surface area contributed by atoms with Gasteiger partial charge in [0, 0.05) is 122 Å². The molecule has 0 aliphatic carbocycles. The highest BCUT2D eigenvalue weighted by molar-refractivity contribution is 9.11. The molecule has 0 spiro atoms. The number of rotatable bonds is 18. The van der Waals surface area contributed by atoms with Gasteiger partial charge in [0.2, 0.25) is 0 Å². The molecule has 0 aliphatic heterocycles. The van der Waals surface area contributed by atoms with Crippen molar-refractivity contribution in [3.8, 4) is 201 Å². The fraction of sp³-hybridized carbons (Fsp3) is 0. The largest absolute Gasteiger partial charge is 0.256 e. The van der Waals surface area contributed by atoms with E-state index in [1.807, 2.05) is 85.7 Å². The van der Waals surface area contributed by atoms with Crippen LogP contribution in [0.4, 0.5) is 0 Å². The first-order valence-corrected chi connectivity index (χ1v) is 42.0. The number of hydrogen-bond acceptors (Lipinski definition) is 6. The quantitative estimate of drug-likeness (QED) is 0.0852. The lowest BCUT2D eigenvalue weighted by molar-refractivity contribution is 1.31. The summed E-state index contributed by atoms with van der Waals surface area (Å²) in [7, 11) is 0. The normalized spacial score (nSPS) is 11.2. The maximum atomic E-state index is 5.25. The standard InChI is InChI=1S/C108H68Br4N6/c109-87-24-14-20-71(59-87)105-48-42-77(65-115-105)93-30-3-9-36-99(93)83-53-81(54-84(57-83)100-37-10-4-31-94(100)78-43-49-106(116-66-78)72-21-15-25-88(110)60-72)97-34-7-1-28-91(97)75-40-46-103(113-63-75)69-18-13-19-70(52-69)104-47-41-76(64-114-104)92-29-2-8-35-98(92)82-55-85(101-38-11-5-32-95(101)79-44-50-107(117-67-79)73-22-16-26-89(111)61-73)58-86(56-82)102-39-12-6-33-96(102)80-45-51-108(118-68-80)74-23-17-27-90(112)62-74/h1-68H. The van der Waals surface area contributed by atoms with Crippen molar-refractivity contribution in [3.05, 3.63) is 431 Å². The molecule has 0 saturated carbocycles. The molecule has 0 radical (unpaired) electrons. The van der Waals surface area contributed by atoms with Crippen LogP contribution < -0.4 is 0 Å². The van der Waals surface area contributed by atoms with Gasteiger partial charge in [-0.1, -0.05) is 312 Å². The van der Waals surface area contributed by atoms with Gasteiger partial charge in [0.15, 0.2) is 0 Å². The molecule has 0 fully saturated rings. The summed E-state index contributed by atoms with van der Waals surface area (Å²) >= 11 is 14.6. The topological polar surface area (TPSA) is 77.3 Å². The summed E-state index contributed by atoms with van der Waals surface area (Å²) in [6.45, 7) is 0. The van der Waals surface area contributed by atoms with E-state index in [2.05, 4.69) is 391 Å². The SMILES string of the molecule is Brc1cccc(-c2ccc(-c3ccccc3-c3cc(-c4ccccc4-c4ccc(-c5cccc(Br)c5)nc4)cc(-c4ccccc4-c4ccc(-c5cccc(-c6ccc(-c7ccccc7-c7cc(-c8ccccc8-c8ccc(-c9cccc(Br)c9)nc8)cc(-c8ccccc8-c8ccc(-c9cccc(Br)c9)nc8)c7)cn6)c5)nc4)c3)cn2)c1. The minimum absolute atomic E-state index is 0.855. The summed E-state index contributed by atoms with van der Waals surface area (Å²) in [6, 6.07) is 133. The first kappa shape index (κ1) is 74.8. The average molecular weight is 1770 g/mol. The van der Waals surface area contributed by atoms with Gasteiger partial charge in [-0.2, -0.15) is 0 Å². The summed E-state index contributed by atoms with van der Waals surface area (Å²) in [5.41, 5.74) is 37.0. The highest BCUT2D eigenvalue weighted by Crippen LogP contribution is 2.46. The van der Waals surface area contributed by atoms with Gasteiger partial charge in [-0.3, -0.25) is 29.9 Å². The first-order chi connectivity index (χ1) is 58.1. The second kappa shape index (κ2) is 33.5. The molecule has 0 aliphatic rings. The third-order valence-electron chi connectivity index (χ3n) is 21.7. The minimum atomic E-state index is 0.855. The lowest BCUT2D eigenvalue weighted by Gasteiger charge is -2.18. The van der Waals surface area contributed by atoms with Crippen molar-refractivity contribution in [3.63, 3.8) is 0 Å². The maximum Gasteiger partial charge on any atom is 0.0702 e. The van der Waals surface area contributed by atoms with Gasteiger partial charge >= 0.3 is 0 Å². The lowest BCUT2D eigenvalue weighted by atomic mass is 9.86. The van der Waals surface area contributed by atoms with Gasteiger partial charge in [0.05, 0.1) is 34.2 Å². The van der Waals surface area contributed by atoms with Crippen LogP contribution >= 0.6 is 63.7 Å². The average Bonchev–Trinajstić information content (AvgIpc) is 0.768. The third kappa shape index (κ3) is 15.9. The summed E-state index contributed by atoms with van der Waals surface area (Å²) in [6.07, 6.45) is 12.0. The third-order valence-corrected chi connectivity index (χ3v) is 23.6. The van der Waals surface area contributed by atoms with E-state index in [1.54, 1.807) is 0 Å². The predicted molar refractivity (Wildman–Crippen MR) is 502 cm³/mol. The van der Waals surface area contributed by atoms with E-state index in [4.69, 9.17) is 29.9 Å². The Hall–Kier alpha value is -13.3. The Balaban J connectivity index is 0.644. The monoisotopic (exact) mass is 1760 g/mol. The van der Waals surface area contributed by atoms with Crippen molar-refractivity contribution in [2.45, 2.75) is 0 Å². The summed E-state index contributed by atoms with van der Waals surface area (Å²) < 4.78 is 4.05. The number of benzene rings is 13. The van der Waals surface area contributed by atoms with Crippen LogP contribution in [0.5, 0.6) is 0 Å². The minimum Gasteiger partial charge on any atom is -0.256 e. The van der Waals surface area contributed by atoms with Crippen LogP contribution in [0.25, 0.3) is 201 Å². The zero-order valence-electron chi connectivity index (χ0n) is 63.5. The van der Waals surface area contributed by atoms with E-state index in [1.165, 1.54) is 0 Å². The van der Waals surface area contributed by atoms with Crippen molar-refractivity contribution >= 4 is 63.7 Å². The molecule has 0 atom stereocenters. The number of aromatic nitrogens is 6. The Kier molecular flexibility index (Phi) is 21.2. The second-order valence-electron chi connectivity index (χ2n) is 29.1. The molecular formula is C108H68Br4N6. The van der Waals surface area contributed by atoms with Crippen LogP contribution in [0.3, 0.4) is 0 Å². The van der Waals surface area contributed by atoms with E-state index in [0.29, 0.717) is 0 Å². The van der Waals surface area contributed by atoms with E-state index in [9.17, 15) is 0 Å². The lowest BCUT2D eigenvalue weighted by Crippen LogP contribution is -1.93. The molecule has 0 bridgehead atoms. The Bertz CT molecular complexity index is 6230. The molecule has 558 valence electrons. The van der Waals surface area contributed by atoms with Crippen molar-refractivity contribution < 1.29 is 0 Å². The second-order valence-corrected chi connectivity index (χ2v) is 32.7. The number of nitrogens with zero attached hydrogens (tertiary/aromatic N) is 6. The Labute approximate surface area is 719 Å². The highest BCUT2D eigenvalue weighted by Gasteiger charge is 2.22. The fourth-order valence-corrected chi connectivity index (χ4v) is 17.5. The van der Waals surface area contributed by atoms with E-state index in [0.717, 1.165) is 219 Å². The molecule has 118 heavy (non-hydrogen) atoms. The van der Waals surface area contributed by atoms with Gasteiger partial charge in [-0.15, -0.1) is 0 Å². The van der Waals surface area contributed by atoms with Crippen molar-refractivity contribution in [2.75, 3.05) is 0 Å². The van der Waals surface area contributed by atoms with Crippen LogP contribution in [0.2, 0.25) is 0 Å². The predicted octanol–water partition coefficient (Wildman–Crippen LogP) is 31.1. The van der Waals surface area contributed by atoms with E-state index < -0.39 is 0 Å². The molecular weight excluding hydrogens is 1700 g/mol. The summed E-state index contributed by atoms with van der Waals surface area (Å²) in [5.74, 6) is 0. The maximum absolute atomic E-state index is 5.25. The zero-order valence-corrected chi connectivity index (χ0v) is 69.8. The summed E-state index contributed by atoms with van der Waals surface area (Å²) in [4.78, 5) is 30.6. The molecule has 0 N–H and O–H groups in total. The van der Waals surface area contributed by atoms with E-state index in [-0.39, 0.29) is 0 Å². The van der Waals surface area contributed by atoms with Crippen LogP contribution in [-0.2, 0) is 0 Å². The van der Waals surface area contributed by atoms with Crippen molar-refractivity contribution in [1.29, 1.82) is 0 Å². The molecule has 19 rings (SSSR count).